The maximum absolute atomic E-state index is 12.9. The van der Waals surface area contributed by atoms with Gasteiger partial charge in [-0.2, -0.15) is 0 Å². The maximum atomic E-state index is 12.9. The van der Waals surface area contributed by atoms with Crippen LogP contribution in [0.4, 0.5) is 5.69 Å². The normalized spacial score (nSPS) is 16.1. The Bertz CT molecular complexity index is 986. The van der Waals surface area contributed by atoms with Gasteiger partial charge in [0.2, 0.25) is 11.8 Å². The number of hydrogen-bond donors (Lipinski definition) is 1. The Morgan fingerprint density at radius 2 is 1.55 bits per heavy atom. The molecule has 0 spiro atoms. The number of likely N-dealkylation sites (tertiary alicyclic amines) is 1. The van der Waals surface area contributed by atoms with Gasteiger partial charge in [0.05, 0.1) is 5.92 Å². The molecule has 4 rings (SSSR count). The summed E-state index contributed by atoms with van der Waals surface area (Å²) in [6, 6.07) is 27.9. The Morgan fingerprint density at radius 1 is 0.897 bits per heavy atom. The molecule has 1 saturated heterocycles. The molecule has 0 radical (unpaired) electrons. The van der Waals surface area contributed by atoms with E-state index in [1.165, 1.54) is 5.56 Å². The fourth-order valence-corrected chi connectivity index (χ4v) is 3.77. The largest absolute Gasteiger partial charge is 0.342 e. The average molecular weight is 384 g/mol. The number of amides is 2. The first-order valence-corrected chi connectivity index (χ1v) is 9.98. The highest BCUT2D eigenvalue weighted by Gasteiger charge is 2.34. The molecule has 0 saturated carbocycles. The molecule has 4 nitrogen and oxygen atoms in total. The molecule has 4 heteroatoms. The molecule has 1 N–H and O–H groups in total. The van der Waals surface area contributed by atoms with Crippen LogP contribution < -0.4 is 5.32 Å². The van der Waals surface area contributed by atoms with Crippen molar-refractivity contribution < 1.29 is 9.59 Å². The zero-order chi connectivity index (χ0) is 20.1. The van der Waals surface area contributed by atoms with E-state index >= 15 is 0 Å². The Hall–Kier alpha value is -3.40. The minimum atomic E-state index is -0.317. The summed E-state index contributed by atoms with van der Waals surface area (Å²) in [5.41, 5.74) is 4.01. The SMILES string of the molecule is O=C(Nc1ccccc1-c1ccccc1)C1CC(=O)N(CCc2ccccc2)C1. The molecule has 3 aromatic carbocycles. The smallest absolute Gasteiger partial charge is 0.229 e. The van der Waals surface area contributed by atoms with E-state index in [1.54, 1.807) is 4.90 Å². The lowest BCUT2D eigenvalue weighted by molar-refractivity contribution is -0.128. The molecule has 0 aliphatic carbocycles. The molecule has 0 aromatic heterocycles. The van der Waals surface area contributed by atoms with Crippen LogP contribution >= 0.6 is 0 Å². The predicted octanol–water partition coefficient (Wildman–Crippen LogP) is 4.38. The highest BCUT2D eigenvalue weighted by atomic mass is 16.2. The fraction of sp³-hybridized carbons (Fsp3) is 0.200. The molecule has 2 amide bonds. The van der Waals surface area contributed by atoms with Crippen molar-refractivity contribution in [2.45, 2.75) is 12.8 Å². The molecule has 1 unspecified atom stereocenters. The molecule has 1 aliphatic rings. The Morgan fingerprint density at radius 3 is 2.31 bits per heavy atom. The summed E-state index contributed by atoms with van der Waals surface area (Å²) in [7, 11) is 0. The molecule has 1 fully saturated rings. The Kier molecular flexibility index (Phi) is 5.71. The first-order valence-electron chi connectivity index (χ1n) is 9.98. The van der Waals surface area contributed by atoms with Crippen molar-refractivity contribution in [1.29, 1.82) is 0 Å². The molecule has 3 aromatic rings. The van der Waals surface area contributed by atoms with E-state index in [2.05, 4.69) is 17.4 Å². The Balaban J connectivity index is 1.40. The molecule has 0 bridgehead atoms. The van der Waals surface area contributed by atoms with Gasteiger partial charge < -0.3 is 10.2 Å². The van der Waals surface area contributed by atoms with Gasteiger partial charge in [0.25, 0.3) is 0 Å². The molecular weight excluding hydrogens is 360 g/mol. The van der Waals surface area contributed by atoms with Crippen LogP contribution in [0.5, 0.6) is 0 Å². The van der Waals surface area contributed by atoms with Crippen molar-refractivity contribution in [1.82, 2.24) is 4.90 Å². The van der Waals surface area contributed by atoms with E-state index in [0.29, 0.717) is 13.1 Å². The van der Waals surface area contributed by atoms with E-state index in [1.807, 2.05) is 72.8 Å². The van der Waals surface area contributed by atoms with E-state index in [0.717, 1.165) is 23.2 Å². The second-order valence-corrected chi connectivity index (χ2v) is 7.38. The van der Waals surface area contributed by atoms with Crippen molar-refractivity contribution in [3.8, 4) is 11.1 Å². The molecule has 146 valence electrons. The number of nitrogens with one attached hydrogen (secondary N) is 1. The van der Waals surface area contributed by atoms with Gasteiger partial charge in [-0.1, -0.05) is 78.9 Å². The van der Waals surface area contributed by atoms with Gasteiger partial charge in [0, 0.05) is 30.8 Å². The molecular formula is C25H24N2O2. The van der Waals surface area contributed by atoms with Gasteiger partial charge in [-0.05, 0) is 23.6 Å². The zero-order valence-electron chi connectivity index (χ0n) is 16.3. The second kappa shape index (κ2) is 8.74. The van der Waals surface area contributed by atoms with E-state index < -0.39 is 0 Å². The summed E-state index contributed by atoms with van der Waals surface area (Å²) in [6.07, 6.45) is 1.08. The quantitative estimate of drug-likeness (QED) is 0.685. The van der Waals surface area contributed by atoms with E-state index in [4.69, 9.17) is 0 Å². The first-order chi connectivity index (χ1) is 14.2. The third-order valence-corrected chi connectivity index (χ3v) is 5.37. The third-order valence-electron chi connectivity index (χ3n) is 5.37. The summed E-state index contributed by atoms with van der Waals surface area (Å²) >= 11 is 0. The van der Waals surface area contributed by atoms with Crippen LogP contribution in [-0.2, 0) is 16.0 Å². The van der Waals surface area contributed by atoms with Gasteiger partial charge in [0.1, 0.15) is 0 Å². The van der Waals surface area contributed by atoms with E-state index in [9.17, 15) is 9.59 Å². The lowest BCUT2D eigenvalue weighted by Crippen LogP contribution is -2.30. The lowest BCUT2D eigenvalue weighted by atomic mass is 10.0. The number of nitrogens with zero attached hydrogens (tertiary/aromatic N) is 1. The molecule has 1 aliphatic heterocycles. The van der Waals surface area contributed by atoms with Crippen molar-refractivity contribution >= 4 is 17.5 Å². The standard InChI is InChI=1S/C25H24N2O2/c28-24-17-21(18-27(24)16-15-19-9-3-1-4-10-19)25(29)26-23-14-8-7-13-22(23)20-11-5-2-6-12-20/h1-14,21H,15-18H2,(H,26,29). The molecule has 29 heavy (non-hydrogen) atoms. The van der Waals surface area contributed by atoms with Crippen LogP contribution in [0.15, 0.2) is 84.9 Å². The van der Waals surface area contributed by atoms with Crippen LogP contribution in [0.25, 0.3) is 11.1 Å². The number of benzene rings is 3. The fourth-order valence-electron chi connectivity index (χ4n) is 3.77. The van der Waals surface area contributed by atoms with Gasteiger partial charge >= 0.3 is 0 Å². The lowest BCUT2D eigenvalue weighted by Gasteiger charge is -2.17. The minimum absolute atomic E-state index is 0.0532. The highest BCUT2D eigenvalue weighted by Crippen LogP contribution is 2.29. The van der Waals surface area contributed by atoms with E-state index in [-0.39, 0.29) is 24.2 Å². The molecule has 1 atom stereocenters. The van der Waals surface area contributed by atoms with Gasteiger partial charge in [-0.3, -0.25) is 9.59 Å². The average Bonchev–Trinajstić information content (AvgIpc) is 3.15. The van der Waals surface area contributed by atoms with Crippen LogP contribution in [0.2, 0.25) is 0 Å². The van der Waals surface area contributed by atoms with Crippen molar-refractivity contribution in [2.24, 2.45) is 5.92 Å². The van der Waals surface area contributed by atoms with Crippen molar-refractivity contribution in [2.75, 3.05) is 18.4 Å². The highest BCUT2D eigenvalue weighted by molar-refractivity contribution is 5.99. The topological polar surface area (TPSA) is 49.4 Å². The second-order valence-electron chi connectivity index (χ2n) is 7.38. The van der Waals surface area contributed by atoms with Crippen LogP contribution in [0.3, 0.4) is 0 Å². The monoisotopic (exact) mass is 384 g/mol. The summed E-state index contributed by atoms with van der Waals surface area (Å²) in [6.45, 7) is 1.12. The predicted molar refractivity (Wildman–Crippen MR) is 115 cm³/mol. The third kappa shape index (κ3) is 4.54. The summed E-state index contributed by atoms with van der Waals surface area (Å²) in [5, 5.41) is 3.05. The maximum Gasteiger partial charge on any atom is 0.229 e. The van der Waals surface area contributed by atoms with Gasteiger partial charge in [-0.15, -0.1) is 0 Å². The van der Waals surface area contributed by atoms with Crippen molar-refractivity contribution in [3.63, 3.8) is 0 Å². The number of rotatable bonds is 6. The van der Waals surface area contributed by atoms with Gasteiger partial charge in [-0.25, -0.2) is 0 Å². The van der Waals surface area contributed by atoms with Crippen molar-refractivity contribution in [3.05, 3.63) is 90.5 Å². The summed E-state index contributed by atoms with van der Waals surface area (Å²) in [5.74, 6) is -0.358. The number of hydrogen-bond acceptors (Lipinski definition) is 2. The summed E-state index contributed by atoms with van der Waals surface area (Å²) in [4.78, 5) is 27.1. The summed E-state index contributed by atoms with van der Waals surface area (Å²) < 4.78 is 0. The van der Waals surface area contributed by atoms with Crippen LogP contribution in [0, 0.1) is 5.92 Å². The Labute approximate surface area is 171 Å². The zero-order valence-corrected chi connectivity index (χ0v) is 16.3. The van der Waals surface area contributed by atoms with Crippen LogP contribution in [0.1, 0.15) is 12.0 Å². The number of anilines is 1. The minimum Gasteiger partial charge on any atom is -0.342 e. The molecule has 1 heterocycles. The number of para-hydroxylation sites is 1. The van der Waals surface area contributed by atoms with Gasteiger partial charge in [0.15, 0.2) is 0 Å². The number of carbonyl (C=O) groups excluding carboxylic acids is 2. The first kappa shape index (κ1) is 18.9. The number of carbonyl (C=O) groups is 2. The van der Waals surface area contributed by atoms with Crippen LogP contribution in [-0.4, -0.2) is 29.8 Å².